The molecule has 144 valence electrons. The predicted molar refractivity (Wildman–Crippen MR) is 105 cm³/mol. The Bertz CT molecular complexity index is 904. The number of nitrogens with zero attached hydrogens (tertiary/aromatic N) is 2. The van der Waals surface area contributed by atoms with Gasteiger partial charge in [0.2, 0.25) is 10.0 Å². The Balaban J connectivity index is 1.82. The summed E-state index contributed by atoms with van der Waals surface area (Å²) in [5.74, 6) is -0.154. The van der Waals surface area contributed by atoms with Gasteiger partial charge in [-0.15, -0.1) is 0 Å². The first-order valence-corrected chi connectivity index (χ1v) is 10.4. The van der Waals surface area contributed by atoms with Crippen molar-refractivity contribution in [1.82, 2.24) is 4.31 Å². The number of benzene rings is 2. The van der Waals surface area contributed by atoms with Gasteiger partial charge in [-0.05, 0) is 55.8 Å². The lowest BCUT2D eigenvalue weighted by atomic mass is 10.1. The Kier molecular flexibility index (Phi) is 5.94. The highest BCUT2D eigenvalue weighted by Gasteiger charge is 2.26. The maximum atomic E-state index is 12.9. The Morgan fingerprint density at radius 2 is 1.78 bits per heavy atom. The number of morpholine rings is 1. The van der Waals surface area contributed by atoms with Gasteiger partial charge in [0.05, 0.1) is 18.1 Å². The van der Waals surface area contributed by atoms with Crippen molar-refractivity contribution in [3.63, 3.8) is 0 Å². The van der Waals surface area contributed by atoms with E-state index < -0.39 is 10.0 Å². The van der Waals surface area contributed by atoms with Gasteiger partial charge in [-0.1, -0.05) is 12.1 Å². The smallest absolute Gasteiger partial charge is 0.258 e. The van der Waals surface area contributed by atoms with Crippen LogP contribution in [0.15, 0.2) is 53.4 Å². The zero-order valence-corrected chi connectivity index (χ0v) is 16.4. The van der Waals surface area contributed by atoms with Gasteiger partial charge in [0.1, 0.15) is 0 Å². The average molecular weight is 388 g/mol. The van der Waals surface area contributed by atoms with Gasteiger partial charge in [-0.3, -0.25) is 4.79 Å². The van der Waals surface area contributed by atoms with Gasteiger partial charge in [0.15, 0.2) is 0 Å². The van der Waals surface area contributed by atoms with Crippen LogP contribution in [-0.4, -0.2) is 51.5 Å². The predicted octanol–water partition coefficient (Wildman–Crippen LogP) is 2.68. The van der Waals surface area contributed by atoms with E-state index in [0.29, 0.717) is 38.4 Å². The van der Waals surface area contributed by atoms with Crippen LogP contribution in [0, 0.1) is 6.92 Å². The topological polar surface area (TPSA) is 66.9 Å². The molecule has 0 bridgehead atoms. The van der Waals surface area contributed by atoms with Crippen molar-refractivity contribution in [2.75, 3.05) is 37.7 Å². The van der Waals surface area contributed by atoms with Crippen molar-refractivity contribution in [2.45, 2.75) is 18.7 Å². The normalized spacial score (nSPS) is 15.5. The highest BCUT2D eigenvalue weighted by atomic mass is 32.2. The summed E-state index contributed by atoms with van der Waals surface area (Å²) in [6.07, 6.45) is 0. The summed E-state index contributed by atoms with van der Waals surface area (Å²) >= 11 is 0. The molecule has 0 spiro atoms. The Morgan fingerprint density at radius 1 is 1.11 bits per heavy atom. The molecule has 1 heterocycles. The molecular formula is C20H24N2O4S. The van der Waals surface area contributed by atoms with E-state index >= 15 is 0 Å². The number of amides is 1. The van der Waals surface area contributed by atoms with E-state index in [1.54, 1.807) is 17.0 Å². The number of carbonyl (C=O) groups excluding carboxylic acids is 1. The molecule has 1 aliphatic heterocycles. The molecule has 0 atom stereocenters. The molecule has 0 unspecified atom stereocenters. The Morgan fingerprint density at radius 3 is 2.37 bits per heavy atom. The summed E-state index contributed by atoms with van der Waals surface area (Å²) in [6.45, 7) is 5.91. The van der Waals surface area contributed by atoms with E-state index in [0.717, 1.165) is 11.3 Å². The first-order chi connectivity index (χ1) is 12.9. The SMILES string of the molecule is CCN(C(=O)c1ccc(S(=O)(=O)N2CCOCC2)cc1)c1cccc(C)c1. The second-order valence-corrected chi connectivity index (χ2v) is 8.37. The number of aryl methyl sites for hydroxylation is 1. The Labute approximate surface area is 160 Å². The van der Waals surface area contributed by atoms with Gasteiger partial charge in [-0.2, -0.15) is 4.31 Å². The molecule has 2 aromatic carbocycles. The summed E-state index contributed by atoms with van der Waals surface area (Å²) in [4.78, 5) is 14.8. The van der Waals surface area contributed by atoms with E-state index in [2.05, 4.69) is 0 Å². The molecule has 6 nitrogen and oxygen atoms in total. The molecule has 27 heavy (non-hydrogen) atoms. The molecule has 0 aromatic heterocycles. The second-order valence-electron chi connectivity index (χ2n) is 6.43. The first-order valence-electron chi connectivity index (χ1n) is 9.00. The van der Waals surface area contributed by atoms with Crippen molar-refractivity contribution in [2.24, 2.45) is 0 Å². The molecule has 7 heteroatoms. The first kappa shape index (κ1) is 19.5. The molecule has 1 fully saturated rings. The third-order valence-corrected chi connectivity index (χ3v) is 6.50. The van der Waals surface area contributed by atoms with E-state index in [1.807, 2.05) is 38.1 Å². The lowest BCUT2D eigenvalue weighted by Gasteiger charge is -2.26. The van der Waals surface area contributed by atoms with Crippen molar-refractivity contribution in [1.29, 1.82) is 0 Å². The quantitative estimate of drug-likeness (QED) is 0.790. The van der Waals surface area contributed by atoms with Crippen molar-refractivity contribution >= 4 is 21.6 Å². The summed E-state index contributed by atoms with van der Waals surface area (Å²) in [5, 5.41) is 0. The average Bonchev–Trinajstić information content (AvgIpc) is 2.69. The second kappa shape index (κ2) is 8.21. The molecule has 1 saturated heterocycles. The van der Waals surface area contributed by atoms with Crippen LogP contribution in [0.5, 0.6) is 0 Å². The van der Waals surface area contributed by atoms with Gasteiger partial charge >= 0.3 is 0 Å². The number of hydrogen-bond acceptors (Lipinski definition) is 4. The summed E-state index contributed by atoms with van der Waals surface area (Å²) in [7, 11) is -3.56. The van der Waals surface area contributed by atoms with Crippen molar-refractivity contribution in [3.05, 3.63) is 59.7 Å². The summed E-state index contributed by atoms with van der Waals surface area (Å²) in [5.41, 5.74) is 2.36. The van der Waals surface area contributed by atoms with E-state index in [1.165, 1.54) is 16.4 Å². The fourth-order valence-electron chi connectivity index (χ4n) is 3.10. The van der Waals surface area contributed by atoms with Crippen LogP contribution in [0.1, 0.15) is 22.8 Å². The molecule has 0 radical (unpaired) electrons. The highest BCUT2D eigenvalue weighted by molar-refractivity contribution is 7.89. The molecule has 2 aromatic rings. The van der Waals surface area contributed by atoms with E-state index in [-0.39, 0.29) is 10.8 Å². The number of ether oxygens (including phenoxy) is 1. The zero-order chi connectivity index (χ0) is 19.4. The van der Waals surface area contributed by atoms with E-state index in [4.69, 9.17) is 4.74 Å². The van der Waals surface area contributed by atoms with Crippen LogP contribution < -0.4 is 4.90 Å². The molecule has 0 N–H and O–H groups in total. The van der Waals surface area contributed by atoms with Gasteiger partial charge in [-0.25, -0.2) is 8.42 Å². The minimum Gasteiger partial charge on any atom is -0.379 e. The minimum atomic E-state index is -3.56. The Hall–Kier alpha value is -2.22. The lowest BCUT2D eigenvalue weighted by molar-refractivity contribution is 0.0730. The molecule has 0 saturated carbocycles. The monoisotopic (exact) mass is 388 g/mol. The zero-order valence-electron chi connectivity index (χ0n) is 15.6. The molecule has 1 aliphatic rings. The molecule has 0 aliphatic carbocycles. The van der Waals surface area contributed by atoms with Crippen LogP contribution >= 0.6 is 0 Å². The van der Waals surface area contributed by atoms with Gasteiger partial charge < -0.3 is 9.64 Å². The van der Waals surface area contributed by atoms with E-state index in [9.17, 15) is 13.2 Å². The fraction of sp³-hybridized carbons (Fsp3) is 0.350. The third-order valence-electron chi connectivity index (χ3n) is 4.58. The van der Waals surface area contributed by atoms with Crippen LogP contribution in [0.3, 0.4) is 0 Å². The van der Waals surface area contributed by atoms with Crippen LogP contribution in [0.4, 0.5) is 5.69 Å². The largest absolute Gasteiger partial charge is 0.379 e. The maximum Gasteiger partial charge on any atom is 0.258 e. The van der Waals surface area contributed by atoms with Gasteiger partial charge in [0.25, 0.3) is 5.91 Å². The van der Waals surface area contributed by atoms with Crippen molar-refractivity contribution < 1.29 is 17.9 Å². The lowest BCUT2D eigenvalue weighted by Crippen LogP contribution is -2.40. The number of hydrogen-bond donors (Lipinski definition) is 0. The minimum absolute atomic E-state index is 0.154. The standard InChI is InChI=1S/C20H24N2O4S/c1-3-22(18-6-4-5-16(2)15-18)20(23)17-7-9-19(10-8-17)27(24,25)21-11-13-26-14-12-21/h4-10,15H,3,11-14H2,1-2H3. The number of rotatable bonds is 5. The van der Waals surface area contributed by atoms with Crippen LogP contribution in [0.25, 0.3) is 0 Å². The third kappa shape index (κ3) is 4.21. The molecule has 3 rings (SSSR count). The van der Waals surface area contributed by atoms with Crippen LogP contribution in [0.2, 0.25) is 0 Å². The molecule has 1 amide bonds. The summed E-state index contributed by atoms with van der Waals surface area (Å²) in [6, 6.07) is 13.9. The highest BCUT2D eigenvalue weighted by Crippen LogP contribution is 2.21. The number of sulfonamides is 1. The summed E-state index contributed by atoms with van der Waals surface area (Å²) < 4.78 is 32.0. The maximum absolute atomic E-state index is 12.9. The fourth-order valence-corrected chi connectivity index (χ4v) is 4.51. The van der Waals surface area contributed by atoms with Gasteiger partial charge in [0, 0.05) is 30.9 Å². The number of anilines is 1. The number of carbonyl (C=O) groups is 1. The van der Waals surface area contributed by atoms with Crippen LogP contribution in [-0.2, 0) is 14.8 Å². The molecular weight excluding hydrogens is 364 g/mol. The van der Waals surface area contributed by atoms with Crippen molar-refractivity contribution in [3.8, 4) is 0 Å².